The summed E-state index contributed by atoms with van der Waals surface area (Å²) in [5, 5.41) is 10.4. The van der Waals surface area contributed by atoms with E-state index in [0.717, 1.165) is 6.07 Å². The minimum atomic E-state index is -4.75. The summed E-state index contributed by atoms with van der Waals surface area (Å²) in [6.45, 7) is 0. The van der Waals surface area contributed by atoms with Gasteiger partial charge in [-0.2, -0.15) is 13.2 Å². The summed E-state index contributed by atoms with van der Waals surface area (Å²) in [6.07, 6.45) is -5.80. The molecule has 2 rings (SSSR count). The van der Waals surface area contributed by atoms with Crippen molar-refractivity contribution in [2.45, 2.75) is 18.7 Å². The van der Waals surface area contributed by atoms with Crippen LogP contribution in [0.5, 0.6) is 0 Å². The van der Waals surface area contributed by atoms with E-state index < -0.39 is 23.7 Å². The first-order valence-electron chi connectivity index (χ1n) is 6.07. The molecule has 1 atom stereocenters. The maximum absolute atomic E-state index is 13.5. The third-order valence-electron chi connectivity index (χ3n) is 3.05. The van der Waals surface area contributed by atoms with Gasteiger partial charge in [-0.3, -0.25) is 0 Å². The Kier molecular flexibility index (Phi) is 4.54. The number of aliphatic hydroxyl groups excluding tert-OH is 1. The smallest absolute Gasteiger partial charge is 0.388 e. The van der Waals surface area contributed by atoms with Crippen LogP contribution in [0.4, 0.5) is 17.6 Å². The van der Waals surface area contributed by atoms with Crippen LogP contribution in [0.3, 0.4) is 0 Å². The minimum Gasteiger partial charge on any atom is -0.388 e. The van der Waals surface area contributed by atoms with E-state index in [4.69, 9.17) is 11.6 Å². The molecule has 1 unspecified atom stereocenters. The SMILES string of the molecule is OC(Cc1ccccc1Cl)c1ccc(C(F)(F)F)c(F)c1. The standard InChI is InChI=1S/C15H11ClF4O/c16-12-4-2-1-3-9(12)8-14(21)10-5-6-11(13(17)7-10)15(18,19)20/h1-7,14,21H,8H2. The fourth-order valence-corrected chi connectivity index (χ4v) is 2.17. The molecule has 0 radical (unpaired) electrons. The number of benzene rings is 2. The summed E-state index contributed by atoms with van der Waals surface area (Å²) in [4.78, 5) is 0. The molecule has 0 aliphatic rings. The first-order valence-corrected chi connectivity index (χ1v) is 6.45. The Morgan fingerprint density at radius 3 is 2.33 bits per heavy atom. The van der Waals surface area contributed by atoms with Crippen molar-refractivity contribution < 1.29 is 22.7 Å². The van der Waals surface area contributed by atoms with Gasteiger partial charge in [-0.25, -0.2) is 4.39 Å². The molecule has 0 saturated heterocycles. The molecule has 0 saturated carbocycles. The second kappa shape index (κ2) is 6.03. The van der Waals surface area contributed by atoms with Crippen molar-refractivity contribution in [1.82, 2.24) is 0 Å². The summed E-state index contributed by atoms with van der Waals surface area (Å²) in [5.74, 6) is -1.40. The molecule has 0 aromatic heterocycles. The van der Waals surface area contributed by atoms with Crippen LogP contribution in [-0.4, -0.2) is 5.11 Å². The number of hydrogen-bond acceptors (Lipinski definition) is 1. The Balaban J connectivity index is 2.23. The monoisotopic (exact) mass is 318 g/mol. The lowest BCUT2D eigenvalue weighted by atomic mass is 10.00. The number of rotatable bonds is 3. The first kappa shape index (κ1) is 15.8. The van der Waals surface area contributed by atoms with Crippen molar-refractivity contribution in [3.63, 3.8) is 0 Å². The summed E-state index contributed by atoms with van der Waals surface area (Å²) in [5.41, 5.74) is -0.649. The van der Waals surface area contributed by atoms with E-state index in [1.165, 1.54) is 0 Å². The fraction of sp³-hybridized carbons (Fsp3) is 0.200. The van der Waals surface area contributed by atoms with Crippen molar-refractivity contribution in [3.05, 3.63) is 70.0 Å². The van der Waals surface area contributed by atoms with E-state index >= 15 is 0 Å². The van der Waals surface area contributed by atoms with Crippen molar-refractivity contribution in [2.24, 2.45) is 0 Å². The highest BCUT2D eigenvalue weighted by molar-refractivity contribution is 6.31. The lowest BCUT2D eigenvalue weighted by Gasteiger charge is -2.14. The van der Waals surface area contributed by atoms with Gasteiger partial charge in [0.25, 0.3) is 0 Å². The maximum Gasteiger partial charge on any atom is 0.419 e. The van der Waals surface area contributed by atoms with Crippen LogP contribution in [-0.2, 0) is 12.6 Å². The van der Waals surface area contributed by atoms with Gasteiger partial charge in [0.15, 0.2) is 0 Å². The highest BCUT2D eigenvalue weighted by Crippen LogP contribution is 2.33. The van der Waals surface area contributed by atoms with Gasteiger partial charge in [-0.1, -0.05) is 35.9 Å². The van der Waals surface area contributed by atoms with Crippen LogP contribution in [0.15, 0.2) is 42.5 Å². The van der Waals surface area contributed by atoms with Crippen molar-refractivity contribution in [2.75, 3.05) is 0 Å². The van der Waals surface area contributed by atoms with Gasteiger partial charge in [-0.15, -0.1) is 0 Å². The van der Waals surface area contributed by atoms with Crippen molar-refractivity contribution in [3.8, 4) is 0 Å². The van der Waals surface area contributed by atoms with E-state index in [0.29, 0.717) is 22.7 Å². The Labute approximate surface area is 123 Å². The van der Waals surface area contributed by atoms with Gasteiger partial charge < -0.3 is 5.11 Å². The van der Waals surface area contributed by atoms with Gasteiger partial charge in [-0.05, 0) is 29.3 Å². The lowest BCUT2D eigenvalue weighted by molar-refractivity contribution is -0.140. The third-order valence-corrected chi connectivity index (χ3v) is 3.42. The van der Waals surface area contributed by atoms with E-state index in [9.17, 15) is 22.7 Å². The zero-order valence-corrected chi connectivity index (χ0v) is 11.4. The Hall–Kier alpha value is -1.59. The van der Waals surface area contributed by atoms with Crippen LogP contribution in [0.1, 0.15) is 22.8 Å². The van der Waals surface area contributed by atoms with Crippen LogP contribution in [0, 0.1) is 5.82 Å². The normalized spacial score (nSPS) is 13.2. The Bertz CT molecular complexity index is 640. The number of alkyl halides is 3. The highest BCUT2D eigenvalue weighted by Gasteiger charge is 2.34. The van der Waals surface area contributed by atoms with Gasteiger partial charge >= 0.3 is 6.18 Å². The van der Waals surface area contributed by atoms with E-state index in [-0.39, 0.29) is 12.0 Å². The Morgan fingerprint density at radius 1 is 1.10 bits per heavy atom. The van der Waals surface area contributed by atoms with Crippen molar-refractivity contribution >= 4 is 11.6 Å². The van der Waals surface area contributed by atoms with Gasteiger partial charge in [0.1, 0.15) is 5.82 Å². The predicted molar refractivity (Wildman–Crippen MR) is 71.5 cm³/mol. The highest BCUT2D eigenvalue weighted by atomic mass is 35.5. The average molecular weight is 319 g/mol. The molecule has 0 spiro atoms. The second-order valence-corrected chi connectivity index (χ2v) is 4.96. The van der Waals surface area contributed by atoms with Crippen molar-refractivity contribution in [1.29, 1.82) is 0 Å². The van der Waals surface area contributed by atoms with Gasteiger partial charge in [0, 0.05) is 11.4 Å². The summed E-state index contributed by atoms with van der Waals surface area (Å²) >= 11 is 5.94. The number of aliphatic hydroxyl groups is 1. The molecule has 0 amide bonds. The van der Waals surface area contributed by atoms with Gasteiger partial charge in [0.05, 0.1) is 11.7 Å². The topological polar surface area (TPSA) is 20.2 Å². The molecule has 112 valence electrons. The van der Waals surface area contributed by atoms with Gasteiger partial charge in [0.2, 0.25) is 0 Å². The van der Waals surface area contributed by atoms with E-state index in [2.05, 4.69) is 0 Å². The molecule has 0 heterocycles. The summed E-state index contributed by atoms with van der Waals surface area (Å²) in [7, 11) is 0. The molecule has 0 fully saturated rings. The molecule has 1 nitrogen and oxygen atoms in total. The molecular formula is C15H11ClF4O. The molecular weight excluding hydrogens is 308 g/mol. The third kappa shape index (κ3) is 3.74. The number of hydrogen-bond donors (Lipinski definition) is 1. The Morgan fingerprint density at radius 2 is 1.76 bits per heavy atom. The van der Waals surface area contributed by atoms with Crippen LogP contribution < -0.4 is 0 Å². The lowest BCUT2D eigenvalue weighted by Crippen LogP contribution is -2.10. The maximum atomic E-state index is 13.5. The largest absolute Gasteiger partial charge is 0.419 e. The second-order valence-electron chi connectivity index (χ2n) is 4.55. The molecule has 1 N–H and O–H groups in total. The minimum absolute atomic E-state index is 0.0698. The van der Waals surface area contributed by atoms with Crippen LogP contribution >= 0.6 is 11.6 Å². The van der Waals surface area contributed by atoms with Crippen LogP contribution in [0.25, 0.3) is 0 Å². The molecule has 0 aliphatic heterocycles. The first-order chi connectivity index (χ1) is 9.79. The zero-order chi connectivity index (χ0) is 15.6. The molecule has 0 bridgehead atoms. The quantitative estimate of drug-likeness (QED) is 0.808. The van der Waals surface area contributed by atoms with E-state index in [1.807, 2.05) is 0 Å². The number of halogens is 5. The average Bonchev–Trinajstić information content (AvgIpc) is 2.39. The fourth-order valence-electron chi connectivity index (χ4n) is 1.96. The molecule has 6 heteroatoms. The zero-order valence-electron chi connectivity index (χ0n) is 10.7. The summed E-state index contributed by atoms with van der Waals surface area (Å²) < 4.78 is 50.9. The summed E-state index contributed by atoms with van der Waals surface area (Å²) in [6, 6.07) is 9.15. The predicted octanol–water partition coefficient (Wildman–Crippen LogP) is 4.77. The van der Waals surface area contributed by atoms with Crippen LogP contribution in [0.2, 0.25) is 5.02 Å². The van der Waals surface area contributed by atoms with E-state index in [1.54, 1.807) is 24.3 Å². The molecule has 2 aromatic carbocycles. The molecule has 2 aromatic rings. The molecule has 21 heavy (non-hydrogen) atoms. The molecule has 0 aliphatic carbocycles.